The molecule has 0 saturated carbocycles. The summed E-state index contributed by atoms with van der Waals surface area (Å²) in [4.78, 5) is 6.86. The van der Waals surface area contributed by atoms with E-state index in [9.17, 15) is 0 Å². The first-order valence-electron chi connectivity index (χ1n) is 7.71. The number of nitrogens with one attached hydrogen (secondary N) is 2. The lowest BCUT2D eigenvalue weighted by molar-refractivity contribution is 0.143. The lowest BCUT2D eigenvalue weighted by atomic mass is 10.1. The number of hydrogen-bond donors (Lipinski definition) is 2. The Balaban J connectivity index is 0. The van der Waals surface area contributed by atoms with Crippen LogP contribution < -0.4 is 10.6 Å². The number of nitrogens with zero attached hydrogens (tertiary/aromatic N) is 2. The molecule has 0 spiro atoms. The summed E-state index contributed by atoms with van der Waals surface area (Å²) in [6.45, 7) is 12.7. The molecule has 0 amide bonds. The van der Waals surface area contributed by atoms with E-state index in [0.717, 1.165) is 51.6 Å². The van der Waals surface area contributed by atoms with Crippen LogP contribution in [0.25, 0.3) is 0 Å². The fourth-order valence-electron chi connectivity index (χ4n) is 1.44. The number of unbranched alkanes of at least 4 members (excludes halogenated alkanes) is 1. The molecule has 0 bridgehead atoms. The summed E-state index contributed by atoms with van der Waals surface area (Å²) in [5.74, 6) is 0.902. The van der Waals surface area contributed by atoms with E-state index in [1.54, 1.807) is 0 Å². The summed E-state index contributed by atoms with van der Waals surface area (Å²) in [6.07, 6.45) is 2.19. The molecule has 0 aromatic heterocycles. The summed E-state index contributed by atoms with van der Waals surface area (Å²) in [5, 5.41) is 6.66. The van der Waals surface area contributed by atoms with E-state index >= 15 is 0 Å². The maximum Gasteiger partial charge on any atom is 0.191 e. The van der Waals surface area contributed by atoms with Crippen molar-refractivity contribution in [3.8, 4) is 0 Å². The van der Waals surface area contributed by atoms with Crippen LogP contribution in [0.2, 0.25) is 0 Å². The summed E-state index contributed by atoms with van der Waals surface area (Å²) in [6, 6.07) is 0. The third-order valence-electron chi connectivity index (χ3n) is 3.39. The van der Waals surface area contributed by atoms with Gasteiger partial charge in [0.25, 0.3) is 0 Å². The number of rotatable bonds is 10. The van der Waals surface area contributed by atoms with Crippen molar-refractivity contribution in [2.75, 3.05) is 46.9 Å². The number of halogens is 1. The molecule has 0 aliphatic carbocycles. The highest BCUT2D eigenvalue weighted by Crippen LogP contribution is 2.09. The second-order valence-corrected chi connectivity index (χ2v) is 5.73. The minimum atomic E-state index is 0. The van der Waals surface area contributed by atoms with Crippen LogP contribution in [-0.4, -0.2) is 63.3 Å². The monoisotopic (exact) mass is 414 g/mol. The van der Waals surface area contributed by atoms with Crippen molar-refractivity contribution in [2.45, 2.75) is 46.1 Å². The predicted molar refractivity (Wildman–Crippen MR) is 103 cm³/mol. The summed E-state index contributed by atoms with van der Waals surface area (Å²) >= 11 is 0. The van der Waals surface area contributed by atoms with Crippen LogP contribution in [0.3, 0.4) is 0 Å². The van der Waals surface area contributed by atoms with Gasteiger partial charge < -0.3 is 20.3 Å². The van der Waals surface area contributed by atoms with Crippen molar-refractivity contribution in [3.05, 3.63) is 0 Å². The van der Waals surface area contributed by atoms with E-state index in [1.165, 1.54) is 0 Å². The molecule has 0 aromatic rings. The van der Waals surface area contributed by atoms with Crippen LogP contribution >= 0.6 is 24.0 Å². The van der Waals surface area contributed by atoms with Gasteiger partial charge in [-0.2, -0.15) is 0 Å². The Hall–Kier alpha value is -0.0800. The molecule has 0 aliphatic heterocycles. The molecule has 5 nitrogen and oxygen atoms in total. The summed E-state index contributed by atoms with van der Waals surface area (Å²) in [5.41, 5.74) is 0.0668. The summed E-state index contributed by atoms with van der Waals surface area (Å²) in [7, 11) is 4.17. The first-order valence-corrected chi connectivity index (χ1v) is 7.71. The zero-order valence-electron chi connectivity index (χ0n) is 14.7. The average molecular weight is 414 g/mol. The normalized spacial score (nSPS) is 12.2. The van der Waals surface area contributed by atoms with Crippen molar-refractivity contribution in [1.82, 2.24) is 15.5 Å². The van der Waals surface area contributed by atoms with Crippen LogP contribution in [0.1, 0.15) is 40.5 Å². The van der Waals surface area contributed by atoms with E-state index in [1.807, 2.05) is 6.92 Å². The van der Waals surface area contributed by atoms with Gasteiger partial charge >= 0.3 is 0 Å². The topological polar surface area (TPSA) is 48.9 Å². The lowest BCUT2D eigenvalue weighted by Crippen LogP contribution is -2.44. The molecule has 128 valence electrons. The highest BCUT2D eigenvalue weighted by Gasteiger charge is 2.19. The molecule has 0 aromatic carbocycles. The number of likely N-dealkylation sites (N-methyl/N-ethyl adjacent to an activating group) is 1. The number of guanidine groups is 1. The molecule has 0 unspecified atom stereocenters. The highest BCUT2D eigenvalue weighted by molar-refractivity contribution is 14.0. The van der Waals surface area contributed by atoms with E-state index in [2.05, 4.69) is 55.4 Å². The van der Waals surface area contributed by atoms with Crippen LogP contribution in [-0.2, 0) is 4.74 Å². The van der Waals surface area contributed by atoms with Crippen LogP contribution in [0.4, 0.5) is 0 Å². The molecule has 2 N–H and O–H groups in total. The van der Waals surface area contributed by atoms with Gasteiger partial charge in [0.15, 0.2) is 5.96 Å². The van der Waals surface area contributed by atoms with Gasteiger partial charge in [-0.3, -0.25) is 4.99 Å². The average Bonchev–Trinajstić information content (AvgIpc) is 2.39. The van der Waals surface area contributed by atoms with Crippen LogP contribution in [0.15, 0.2) is 4.99 Å². The van der Waals surface area contributed by atoms with E-state index in [4.69, 9.17) is 4.74 Å². The molecular weight excluding hydrogens is 379 g/mol. The first-order chi connectivity index (χ1) is 9.44. The Labute approximate surface area is 148 Å². The van der Waals surface area contributed by atoms with E-state index in [-0.39, 0.29) is 29.5 Å². The van der Waals surface area contributed by atoms with Gasteiger partial charge in [0.05, 0.1) is 6.54 Å². The minimum Gasteiger partial charge on any atom is -0.382 e. The van der Waals surface area contributed by atoms with Crippen LogP contribution in [0, 0.1) is 0 Å². The second kappa shape index (κ2) is 13.6. The minimum absolute atomic E-state index is 0. The molecular formula is C15H35IN4O. The Morgan fingerprint density at radius 2 is 1.81 bits per heavy atom. The van der Waals surface area contributed by atoms with Gasteiger partial charge in [0, 0.05) is 31.8 Å². The fourth-order valence-corrected chi connectivity index (χ4v) is 1.44. The molecule has 0 fully saturated rings. The van der Waals surface area contributed by atoms with E-state index in [0.29, 0.717) is 0 Å². The highest BCUT2D eigenvalue weighted by atomic mass is 127. The SMILES string of the molecule is CCNC(=NCC(C)(C)N(C)C)NCCCCOCC.I. The fraction of sp³-hybridized carbons (Fsp3) is 0.933. The predicted octanol–water partition coefficient (Wildman–Crippen LogP) is 2.32. The number of ether oxygens (including phenoxy) is 1. The van der Waals surface area contributed by atoms with Gasteiger partial charge in [0.1, 0.15) is 0 Å². The van der Waals surface area contributed by atoms with Gasteiger partial charge in [-0.25, -0.2) is 0 Å². The van der Waals surface area contributed by atoms with Gasteiger partial charge in [-0.15, -0.1) is 24.0 Å². The van der Waals surface area contributed by atoms with Gasteiger partial charge in [-0.05, 0) is 54.6 Å². The summed E-state index contributed by atoms with van der Waals surface area (Å²) < 4.78 is 5.33. The maximum absolute atomic E-state index is 5.33. The van der Waals surface area contributed by atoms with E-state index < -0.39 is 0 Å². The quantitative estimate of drug-likeness (QED) is 0.249. The molecule has 0 atom stereocenters. The standard InChI is InChI=1S/C15H34N4O.HI/c1-7-16-14(17-11-9-10-12-20-8-2)18-13-15(3,4)19(5)6;/h7-13H2,1-6H3,(H2,16,17,18);1H. The maximum atomic E-state index is 5.33. The number of aliphatic imine (C=N–C) groups is 1. The largest absolute Gasteiger partial charge is 0.382 e. The molecule has 0 saturated heterocycles. The molecule has 6 heteroatoms. The molecule has 0 rings (SSSR count). The zero-order chi connectivity index (χ0) is 15.4. The Morgan fingerprint density at radius 3 is 2.33 bits per heavy atom. The van der Waals surface area contributed by atoms with Crippen molar-refractivity contribution >= 4 is 29.9 Å². The Morgan fingerprint density at radius 1 is 1.14 bits per heavy atom. The second-order valence-electron chi connectivity index (χ2n) is 5.73. The lowest BCUT2D eigenvalue weighted by Gasteiger charge is -2.31. The number of hydrogen-bond acceptors (Lipinski definition) is 3. The third-order valence-corrected chi connectivity index (χ3v) is 3.39. The van der Waals surface area contributed by atoms with Gasteiger partial charge in [0.2, 0.25) is 0 Å². The van der Waals surface area contributed by atoms with Crippen molar-refractivity contribution in [2.24, 2.45) is 4.99 Å². The van der Waals surface area contributed by atoms with Crippen molar-refractivity contribution in [3.63, 3.8) is 0 Å². The third kappa shape index (κ3) is 12.2. The zero-order valence-corrected chi connectivity index (χ0v) is 17.0. The molecule has 0 heterocycles. The van der Waals surface area contributed by atoms with Crippen molar-refractivity contribution in [1.29, 1.82) is 0 Å². The molecule has 21 heavy (non-hydrogen) atoms. The first kappa shape index (κ1) is 23.2. The molecule has 0 radical (unpaired) electrons. The van der Waals surface area contributed by atoms with Crippen LogP contribution in [0.5, 0.6) is 0 Å². The smallest absolute Gasteiger partial charge is 0.191 e. The van der Waals surface area contributed by atoms with Crippen molar-refractivity contribution < 1.29 is 4.74 Å². The Bertz CT molecular complexity index is 270. The Kier molecular flexibility index (Phi) is 15.0. The molecule has 0 aliphatic rings. The van der Waals surface area contributed by atoms with Gasteiger partial charge in [-0.1, -0.05) is 0 Å².